The number of fused-ring (bicyclic) bond motifs is 4. The third-order valence-corrected chi connectivity index (χ3v) is 16.0. The van der Waals surface area contributed by atoms with E-state index in [1.807, 2.05) is 6.07 Å². The lowest BCUT2D eigenvalue weighted by Crippen LogP contribution is -2.29. The third-order valence-electron chi connectivity index (χ3n) is 16.0. The van der Waals surface area contributed by atoms with Gasteiger partial charge < -0.3 is 9.80 Å². The molecule has 0 atom stereocenters. The van der Waals surface area contributed by atoms with E-state index in [4.69, 9.17) is 0 Å². The van der Waals surface area contributed by atoms with Crippen LogP contribution in [0.5, 0.6) is 0 Å². The molecule has 6 aromatic carbocycles. The fourth-order valence-corrected chi connectivity index (χ4v) is 11.0. The quantitative estimate of drug-likeness (QED) is 0.175. The number of nitrogens with zero attached hydrogens (tertiary/aromatic N) is 2. The average molecular weight is 819 g/mol. The molecule has 5 heteroatoms. The minimum atomic E-state index is -4.53. The van der Waals surface area contributed by atoms with E-state index in [2.05, 4.69) is 134 Å². The fourth-order valence-electron chi connectivity index (χ4n) is 11.0. The van der Waals surface area contributed by atoms with Gasteiger partial charge in [0.25, 0.3) is 0 Å². The highest BCUT2D eigenvalue weighted by atomic mass is 19.4. The van der Waals surface area contributed by atoms with Crippen LogP contribution in [-0.4, -0.2) is 0 Å². The van der Waals surface area contributed by atoms with Gasteiger partial charge in [-0.05, 0) is 264 Å². The lowest BCUT2D eigenvalue weighted by Gasteiger charge is -2.44. The summed E-state index contributed by atoms with van der Waals surface area (Å²) in [5, 5.41) is 0. The van der Waals surface area contributed by atoms with Crippen LogP contribution in [0.15, 0.2) is 36.4 Å². The molecule has 0 saturated carbocycles. The summed E-state index contributed by atoms with van der Waals surface area (Å²) >= 11 is 0. The van der Waals surface area contributed by atoms with E-state index in [9.17, 15) is 0 Å². The molecular weight excluding hydrogens is 758 g/mol. The van der Waals surface area contributed by atoms with Crippen LogP contribution in [0.4, 0.5) is 47.3 Å². The van der Waals surface area contributed by atoms with Crippen LogP contribution in [0, 0.1) is 118 Å². The van der Waals surface area contributed by atoms with E-state index < -0.39 is 11.7 Å². The van der Waals surface area contributed by atoms with Crippen molar-refractivity contribution < 1.29 is 13.2 Å². The molecule has 6 aromatic rings. The van der Waals surface area contributed by atoms with Crippen molar-refractivity contribution in [2.45, 2.75) is 137 Å². The van der Waals surface area contributed by atoms with Crippen molar-refractivity contribution >= 4 is 34.1 Å². The predicted octanol–water partition coefficient (Wildman–Crippen LogP) is 16.4. The van der Waals surface area contributed by atoms with Crippen LogP contribution in [0.3, 0.4) is 0 Å². The van der Waals surface area contributed by atoms with Crippen LogP contribution < -0.4 is 9.80 Å². The number of benzene rings is 6. The van der Waals surface area contributed by atoms with Crippen molar-refractivity contribution in [2.24, 2.45) is 0 Å². The molecule has 0 aliphatic carbocycles. The first-order chi connectivity index (χ1) is 28.5. The topological polar surface area (TPSA) is 6.48 Å². The molecular formula is C56H61F3N2. The SMILES string of the molecule is Cc1cc(-c2ccccc2C(F)(F)F)cc(N2c3c(C)c(C)c(C)c(C)c3Cc3c(C)c(C)c(C)c(C)c32)c1N1c2c(C)c(C)c(C)c(C)c2Cc2c(C)c(C)c(C)c(C)c21. The van der Waals surface area contributed by atoms with Crippen molar-refractivity contribution in [2.75, 3.05) is 9.80 Å². The van der Waals surface area contributed by atoms with Gasteiger partial charge in [0.05, 0.1) is 39.7 Å². The third kappa shape index (κ3) is 5.96. The van der Waals surface area contributed by atoms with Gasteiger partial charge in [0, 0.05) is 12.8 Å². The second-order valence-corrected chi connectivity index (χ2v) is 18.5. The monoisotopic (exact) mass is 818 g/mol. The van der Waals surface area contributed by atoms with E-state index in [1.54, 1.807) is 12.1 Å². The Morgan fingerprint density at radius 2 is 0.705 bits per heavy atom. The van der Waals surface area contributed by atoms with Crippen LogP contribution in [0.25, 0.3) is 11.1 Å². The first-order valence-electron chi connectivity index (χ1n) is 21.8. The second kappa shape index (κ2) is 14.4. The molecule has 8 rings (SSSR count). The van der Waals surface area contributed by atoms with Crippen LogP contribution in [-0.2, 0) is 19.0 Å². The Hall–Kier alpha value is -5.29. The van der Waals surface area contributed by atoms with Crippen molar-refractivity contribution in [1.82, 2.24) is 0 Å². The van der Waals surface area contributed by atoms with Gasteiger partial charge in [0.15, 0.2) is 0 Å². The summed E-state index contributed by atoms with van der Waals surface area (Å²) in [4.78, 5) is 5.03. The first kappa shape index (κ1) is 42.4. The first-order valence-corrected chi connectivity index (χ1v) is 21.8. The van der Waals surface area contributed by atoms with Gasteiger partial charge in [0.2, 0.25) is 0 Å². The van der Waals surface area contributed by atoms with Gasteiger partial charge in [-0.25, -0.2) is 0 Å². The molecule has 0 spiro atoms. The number of halogens is 3. The highest BCUT2D eigenvalue weighted by Gasteiger charge is 2.40. The molecule has 0 unspecified atom stereocenters. The maximum atomic E-state index is 15.0. The Morgan fingerprint density at radius 1 is 0.377 bits per heavy atom. The molecule has 2 aliphatic rings. The summed E-state index contributed by atoms with van der Waals surface area (Å²) in [6.07, 6.45) is -2.93. The fraction of sp³-hybridized carbons (Fsp3) is 0.357. The van der Waals surface area contributed by atoms with Crippen LogP contribution in [0.2, 0.25) is 0 Å². The molecule has 0 bridgehead atoms. The Bertz CT molecular complexity index is 2780. The highest BCUT2D eigenvalue weighted by molar-refractivity contribution is 6.02. The molecule has 61 heavy (non-hydrogen) atoms. The van der Waals surface area contributed by atoms with Crippen LogP contribution >= 0.6 is 0 Å². The lowest BCUT2D eigenvalue weighted by molar-refractivity contribution is -0.137. The van der Waals surface area contributed by atoms with E-state index in [0.717, 1.165) is 41.2 Å². The molecule has 2 aliphatic heterocycles. The Labute approximate surface area is 362 Å². The molecule has 0 aromatic heterocycles. The zero-order valence-corrected chi connectivity index (χ0v) is 39.4. The molecule has 0 radical (unpaired) electrons. The van der Waals surface area contributed by atoms with Gasteiger partial charge in [-0.15, -0.1) is 0 Å². The Balaban J connectivity index is 1.65. The molecule has 316 valence electrons. The van der Waals surface area contributed by atoms with Crippen molar-refractivity contribution in [3.63, 3.8) is 0 Å². The minimum absolute atomic E-state index is 0.181. The standard InChI is InChI=1S/C56H61F3N2/c1-26-22-43(44-20-18-19-21-49(44)56(57,58)59)23-50(60-52-39(14)31(6)27(2)35(10)45(52)24-46-36(11)28(3)32(7)40(15)53(46)60)51(26)61-54-41(16)33(8)29(4)37(12)47(54)25-48-38(13)30(5)34(9)42(17)55(48)61/h18-23H,24-25H2,1-17H3. The predicted molar refractivity (Wildman–Crippen MR) is 252 cm³/mol. The molecule has 0 N–H and O–H groups in total. The molecule has 0 amide bonds. The van der Waals surface area contributed by atoms with E-state index in [-0.39, 0.29) is 5.56 Å². The second-order valence-electron chi connectivity index (χ2n) is 18.5. The maximum absolute atomic E-state index is 15.0. The zero-order chi connectivity index (χ0) is 44.6. The number of hydrogen-bond donors (Lipinski definition) is 0. The van der Waals surface area contributed by atoms with Gasteiger partial charge in [-0.2, -0.15) is 13.2 Å². The van der Waals surface area contributed by atoms with Crippen LogP contribution in [0.1, 0.15) is 122 Å². The molecule has 2 nitrogen and oxygen atoms in total. The van der Waals surface area contributed by atoms with Crippen molar-refractivity contribution in [3.8, 4) is 11.1 Å². The summed E-state index contributed by atoms with van der Waals surface area (Å²) in [6, 6.07) is 10.2. The molecule has 2 heterocycles. The van der Waals surface area contributed by atoms with Gasteiger partial charge in [-0.1, -0.05) is 18.2 Å². The van der Waals surface area contributed by atoms with Gasteiger partial charge in [-0.3, -0.25) is 0 Å². The largest absolute Gasteiger partial charge is 0.417 e. The smallest absolute Gasteiger partial charge is 0.307 e. The number of rotatable bonds is 3. The Kier molecular flexibility index (Phi) is 10.0. The summed E-state index contributed by atoms with van der Waals surface area (Å²) in [7, 11) is 0. The molecule has 0 fully saturated rings. The zero-order valence-electron chi connectivity index (χ0n) is 39.4. The van der Waals surface area contributed by atoms with Crippen molar-refractivity contribution in [1.29, 1.82) is 0 Å². The maximum Gasteiger partial charge on any atom is 0.417 e. The number of hydrogen-bond acceptors (Lipinski definition) is 2. The van der Waals surface area contributed by atoms with Crippen molar-refractivity contribution in [3.05, 3.63) is 159 Å². The van der Waals surface area contributed by atoms with Gasteiger partial charge >= 0.3 is 6.18 Å². The average Bonchev–Trinajstić information content (AvgIpc) is 3.23. The Morgan fingerprint density at radius 3 is 1.07 bits per heavy atom. The summed E-state index contributed by atoms with van der Waals surface area (Å²) in [5.41, 5.74) is 32.9. The number of alkyl halides is 3. The summed E-state index contributed by atoms with van der Waals surface area (Å²) in [6.45, 7) is 38.0. The summed E-state index contributed by atoms with van der Waals surface area (Å²) < 4.78 is 45.1. The summed E-state index contributed by atoms with van der Waals surface area (Å²) in [5.74, 6) is 0. The molecule has 0 saturated heterocycles. The van der Waals surface area contributed by atoms with Gasteiger partial charge in [0.1, 0.15) is 0 Å². The van der Waals surface area contributed by atoms with E-state index in [1.165, 1.54) is 135 Å². The lowest BCUT2D eigenvalue weighted by atomic mass is 9.79. The minimum Gasteiger partial charge on any atom is -0.307 e. The normalized spacial score (nSPS) is 13.4. The highest BCUT2D eigenvalue weighted by Crippen LogP contribution is 2.59. The number of aryl methyl sites for hydroxylation is 1. The van der Waals surface area contributed by atoms with E-state index >= 15 is 13.2 Å². The number of anilines is 6. The van der Waals surface area contributed by atoms with E-state index in [0.29, 0.717) is 5.56 Å².